The minimum absolute atomic E-state index is 0.111. The van der Waals surface area contributed by atoms with E-state index < -0.39 is 45.8 Å². The molecule has 0 aliphatic carbocycles. The van der Waals surface area contributed by atoms with Crippen LogP contribution in [0.2, 0.25) is 0 Å². The van der Waals surface area contributed by atoms with Crippen molar-refractivity contribution >= 4 is 34.7 Å². The SMILES string of the molecule is O=C(O)c1ccc(Oc2ccc(S(=O)c3ccc(Oc4ccc(C(=O)O)c(C(=O)O)c4)cc3)cc2)cc1C(=O)O. The number of carbonyl (C=O) groups is 4. The van der Waals surface area contributed by atoms with E-state index in [2.05, 4.69) is 0 Å². The van der Waals surface area contributed by atoms with Gasteiger partial charge in [0.05, 0.1) is 33.1 Å². The summed E-state index contributed by atoms with van der Waals surface area (Å²) in [4.78, 5) is 46.0. The van der Waals surface area contributed by atoms with Gasteiger partial charge in [-0.15, -0.1) is 0 Å². The van der Waals surface area contributed by atoms with Crippen molar-refractivity contribution in [1.82, 2.24) is 0 Å². The van der Waals surface area contributed by atoms with E-state index in [1.807, 2.05) is 0 Å². The normalized spacial score (nSPS) is 10.6. The Kier molecular flexibility index (Phi) is 7.91. The fraction of sp³-hybridized carbons (Fsp3) is 0. The number of aromatic carboxylic acids is 4. The highest BCUT2D eigenvalue weighted by atomic mass is 32.2. The molecule has 12 heteroatoms. The molecule has 11 nitrogen and oxygen atoms in total. The number of carboxylic acid groups (broad SMARTS) is 4. The Morgan fingerprint density at radius 1 is 0.450 bits per heavy atom. The Balaban J connectivity index is 1.45. The van der Waals surface area contributed by atoms with Crippen LogP contribution in [0.5, 0.6) is 23.0 Å². The first kappa shape index (κ1) is 27.5. The maximum atomic E-state index is 13.0. The third kappa shape index (κ3) is 6.14. The van der Waals surface area contributed by atoms with Gasteiger partial charge in [-0.3, -0.25) is 0 Å². The minimum atomic E-state index is -1.59. The Morgan fingerprint density at radius 3 is 1.05 bits per heavy atom. The molecule has 40 heavy (non-hydrogen) atoms. The van der Waals surface area contributed by atoms with Gasteiger partial charge in [-0.05, 0) is 84.9 Å². The number of ether oxygens (including phenoxy) is 2. The molecule has 0 radical (unpaired) electrons. The number of benzene rings is 4. The van der Waals surface area contributed by atoms with Gasteiger partial charge >= 0.3 is 23.9 Å². The molecule has 0 aromatic heterocycles. The van der Waals surface area contributed by atoms with Crippen LogP contribution in [0.3, 0.4) is 0 Å². The van der Waals surface area contributed by atoms with E-state index in [-0.39, 0.29) is 22.6 Å². The summed E-state index contributed by atoms with van der Waals surface area (Å²) in [6.07, 6.45) is 0. The summed E-state index contributed by atoms with van der Waals surface area (Å²) < 4.78 is 24.3. The fourth-order valence-electron chi connectivity index (χ4n) is 3.57. The molecular formula is C28H18O11S. The smallest absolute Gasteiger partial charge is 0.336 e. The molecule has 0 saturated carbocycles. The van der Waals surface area contributed by atoms with Crippen molar-refractivity contribution in [2.24, 2.45) is 0 Å². The molecule has 4 aromatic carbocycles. The van der Waals surface area contributed by atoms with Gasteiger partial charge in [-0.2, -0.15) is 0 Å². The van der Waals surface area contributed by atoms with Crippen LogP contribution in [-0.2, 0) is 10.8 Å². The van der Waals surface area contributed by atoms with Crippen molar-refractivity contribution in [3.63, 3.8) is 0 Å². The molecule has 0 bridgehead atoms. The summed E-state index contributed by atoms with van der Waals surface area (Å²) >= 11 is 0. The van der Waals surface area contributed by atoms with Crippen molar-refractivity contribution < 1.29 is 53.3 Å². The predicted molar refractivity (Wildman–Crippen MR) is 138 cm³/mol. The topological polar surface area (TPSA) is 185 Å². The van der Waals surface area contributed by atoms with Gasteiger partial charge in [0, 0.05) is 9.79 Å². The maximum absolute atomic E-state index is 13.0. The first-order chi connectivity index (χ1) is 19.0. The molecule has 0 amide bonds. The standard InChI is InChI=1S/C28H18O11S/c29-25(30)21-11-5-17(13-23(21)27(33)34)38-15-1-7-19(8-2-15)40(37)20-9-3-16(4-10-20)39-18-6-12-22(26(31)32)24(14-18)28(35)36/h1-14H,(H,29,30)(H,31,32)(H,33,34)(H,35,36). The van der Waals surface area contributed by atoms with Crippen LogP contribution in [0, 0.1) is 0 Å². The quantitative estimate of drug-likeness (QED) is 0.198. The highest BCUT2D eigenvalue weighted by molar-refractivity contribution is 7.85. The number of carboxylic acids is 4. The third-order valence-electron chi connectivity index (χ3n) is 5.45. The lowest BCUT2D eigenvalue weighted by Crippen LogP contribution is -2.08. The average Bonchev–Trinajstić information content (AvgIpc) is 2.93. The van der Waals surface area contributed by atoms with E-state index in [0.717, 1.165) is 24.3 Å². The molecule has 0 fully saturated rings. The Labute approximate surface area is 227 Å². The zero-order valence-electron chi connectivity index (χ0n) is 20.1. The summed E-state index contributed by atoms with van der Waals surface area (Å²) in [7, 11) is -1.59. The fourth-order valence-corrected chi connectivity index (χ4v) is 4.61. The van der Waals surface area contributed by atoms with Crippen molar-refractivity contribution in [1.29, 1.82) is 0 Å². The second-order valence-electron chi connectivity index (χ2n) is 8.05. The summed E-state index contributed by atoms with van der Waals surface area (Å²) in [5.41, 5.74) is -1.59. The lowest BCUT2D eigenvalue weighted by molar-refractivity contribution is 0.0651. The largest absolute Gasteiger partial charge is 0.478 e. The van der Waals surface area contributed by atoms with Crippen molar-refractivity contribution in [2.45, 2.75) is 9.79 Å². The van der Waals surface area contributed by atoms with E-state index in [1.54, 1.807) is 24.3 Å². The molecule has 0 spiro atoms. The lowest BCUT2D eigenvalue weighted by Gasteiger charge is -2.10. The first-order valence-corrected chi connectivity index (χ1v) is 12.4. The molecule has 0 heterocycles. The zero-order chi connectivity index (χ0) is 29.0. The van der Waals surface area contributed by atoms with Gasteiger partial charge in [-0.25, -0.2) is 23.4 Å². The number of rotatable bonds is 10. The first-order valence-electron chi connectivity index (χ1n) is 11.2. The third-order valence-corrected chi connectivity index (χ3v) is 6.85. The Hall–Kier alpha value is -5.49. The molecular weight excluding hydrogens is 544 g/mol. The lowest BCUT2D eigenvalue weighted by atomic mass is 10.1. The van der Waals surface area contributed by atoms with Gasteiger partial charge in [0.25, 0.3) is 0 Å². The van der Waals surface area contributed by atoms with Crippen LogP contribution < -0.4 is 9.47 Å². The Morgan fingerprint density at radius 2 is 0.750 bits per heavy atom. The van der Waals surface area contributed by atoms with Gasteiger partial charge in [0.15, 0.2) is 0 Å². The summed E-state index contributed by atoms with van der Waals surface area (Å²) in [6, 6.07) is 19.4. The highest BCUT2D eigenvalue weighted by Gasteiger charge is 2.18. The molecule has 4 rings (SSSR count). The molecule has 0 atom stereocenters. The van der Waals surface area contributed by atoms with Crippen LogP contribution in [0.4, 0.5) is 0 Å². The minimum Gasteiger partial charge on any atom is -0.478 e. The molecule has 0 aliphatic heterocycles. The van der Waals surface area contributed by atoms with Crippen LogP contribution in [-0.4, -0.2) is 48.5 Å². The van der Waals surface area contributed by atoms with Crippen LogP contribution in [0.25, 0.3) is 0 Å². The number of hydrogen-bond donors (Lipinski definition) is 4. The second kappa shape index (κ2) is 11.5. The van der Waals surface area contributed by atoms with Crippen LogP contribution in [0.1, 0.15) is 41.4 Å². The Bertz CT molecular complexity index is 1540. The molecule has 0 saturated heterocycles. The molecule has 4 N–H and O–H groups in total. The van der Waals surface area contributed by atoms with Gasteiger partial charge in [-0.1, -0.05) is 0 Å². The predicted octanol–water partition coefficient (Wildman–Crippen LogP) is 5.23. The molecule has 0 unspecified atom stereocenters. The van der Waals surface area contributed by atoms with E-state index in [0.29, 0.717) is 21.3 Å². The summed E-state index contributed by atoms with van der Waals surface area (Å²) in [5.74, 6) is -4.75. The second-order valence-corrected chi connectivity index (χ2v) is 9.53. The van der Waals surface area contributed by atoms with E-state index in [4.69, 9.17) is 19.7 Å². The van der Waals surface area contributed by atoms with E-state index in [1.165, 1.54) is 36.4 Å². The molecule has 0 aliphatic rings. The monoisotopic (exact) mass is 562 g/mol. The van der Waals surface area contributed by atoms with Crippen LogP contribution in [0.15, 0.2) is 94.7 Å². The van der Waals surface area contributed by atoms with Gasteiger partial charge in [0.1, 0.15) is 23.0 Å². The number of hydrogen-bond acceptors (Lipinski definition) is 7. The van der Waals surface area contributed by atoms with E-state index in [9.17, 15) is 33.6 Å². The van der Waals surface area contributed by atoms with Crippen molar-refractivity contribution in [2.75, 3.05) is 0 Å². The van der Waals surface area contributed by atoms with Crippen molar-refractivity contribution in [3.8, 4) is 23.0 Å². The van der Waals surface area contributed by atoms with Gasteiger partial charge in [0.2, 0.25) is 0 Å². The van der Waals surface area contributed by atoms with Crippen LogP contribution >= 0.6 is 0 Å². The van der Waals surface area contributed by atoms with Gasteiger partial charge < -0.3 is 29.9 Å². The molecule has 202 valence electrons. The summed E-state index contributed by atoms with van der Waals surface area (Å²) in [5, 5.41) is 36.8. The van der Waals surface area contributed by atoms with E-state index >= 15 is 0 Å². The summed E-state index contributed by atoms with van der Waals surface area (Å²) in [6.45, 7) is 0. The zero-order valence-corrected chi connectivity index (χ0v) is 21.0. The highest BCUT2D eigenvalue weighted by Crippen LogP contribution is 2.28. The van der Waals surface area contributed by atoms with Crippen molar-refractivity contribution in [3.05, 3.63) is 107 Å². The molecule has 4 aromatic rings. The average molecular weight is 563 g/mol. The maximum Gasteiger partial charge on any atom is 0.336 e.